The maximum absolute atomic E-state index is 5.70. The molecular weight excluding hydrogens is 224 g/mol. The van der Waals surface area contributed by atoms with Crippen molar-refractivity contribution in [3.63, 3.8) is 0 Å². The van der Waals surface area contributed by atoms with E-state index >= 15 is 0 Å². The van der Waals surface area contributed by atoms with Crippen LogP contribution in [0.15, 0.2) is 0 Å². The van der Waals surface area contributed by atoms with Gasteiger partial charge in [0.15, 0.2) is 0 Å². The second-order valence-electron chi connectivity index (χ2n) is 6.80. The van der Waals surface area contributed by atoms with Crippen LogP contribution in [-0.4, -0.2) is 48.3 Å². The fraction of sp³-hybridized carbons (Fsp3) is 1.00. The van der Waals surface area contributed by atoms with Crippen LogP contribution in [0.3, 0.4) is 0 Å². The first-order chi connectivity index (χ1) is 8.62. The number of rotatable bonds is 4. The summed E-state index contributed by atoms with van der Waals surface area (Å²) < 4.78 is 5.70. The summed E-state index contributed by atoms with van der Waals surface area (Å²) in [5, 5.41) is 3.80. The van der Waals surface area contributed by atoms with Crippen molar-refractivity contribution in [1.29, 1.82) is 0 Å². The zero-order valence-electron chi connectivity index (χ0n) is 12.1. The molecule has 1 heterocycles. The van der Waals surface area contributed by atoms with E-state index in [4.69, 9.17) is 4.74 Å². The summed E-state index contributed by atoms with van der Waals surface area (Å²) in [6, 6.07) is 1.46. The van der Waals surface area contributed by atoms with Gasteiger partial charge in [-0.1, -0.05) is 0 Å². The number of piperazine rings is 1. The maximum Gasteiger partial charge on any atom is 0.0604 e. The molecule has 0 aromatic carbocycles. The Bertz CT molecular complexity index is 299. The molecule has 0 aromatic heterocycles. The Morgan fingerprint density at radius 1 is 1.33 bits per heavy atom. The number of ether oxygens (including phenoxy) is 1. The normalized spacial score (nSPS) is 45.8. The van der Waals surface area contributed by atoms with Gasteiger partial charge in [0.2, 0.25) is 0 Å². The predicted octanol–water partition coefficient (Wildman–Crippen LogP) is 2.02. The number of nitrogens with zero attached hydrogens (tertiary/aromatic N) is 1. The third-order valence-corrected chi connectivity index (χ3v) is 5.30. The van der Waals surface area contributed by atoms with Crippen molar-refractivity contribution in [2.45, 2.75) is 70.2 Å². The molecule has 2 unspecified atom stereocenters. The average Bonchev–Trinajstić information content (AvgIpc) is 3.11. The zero-order chi connectivity index (χ0) is 12.8. The lowest BCUT2D eigenvalue weighted by atomic mass is 9.83. The van der Waals surface area contributed by atoms with Crippen molar-refractivity contribution in [1.82, 2.24) is 10.2 Å². The molecule has 2 aliphatic carbocycles. The van der Waals surface area contributed by atoms with Gasteiger partial charge in [0, 0.05) is 37.3 Å². The van der Waals surface area contributed by atoms with E-state index in [0.717, 1.165) is 25.1 Å². The van der Waals surface area contributed by atoms with Crippen LogP contribution in [0.1, 0.15) is 46.5 Å². The van der Waals surface area contributed by atoms with Crippen molar-refractivity contribution >= 4 is 0 Å². The van der Waals surface area contributed by atoms with Gasteiger partial charge in [-0.25, -0.2) is 0 Å². The van der Waals surface area contributed by atoms with E-state index in [2.05, 4.69) is 31.0 Å². The van der Waals surface area contributed by atoms with Crippen molar-refractivity contribution in [2.24, 2.45) is 5.92 Å². The van der Waals surface area contributed by atoms with Crippen molar-refractivity contribution < 1.29 is 4.74 Å². The lowest BCUT2D eigenvalue weighted by Gasteiger charge is -2.52. The second kappa shape index (κ2) is 4.77. The van der Waals surface area contributed by atoms with Crippen LogP contribution in [0.5, 0.6) is 0 Å². The minimum Gasteiger partial charge on any atom is -0.378 e. The summed E-state index contributed by atoms with van der Waals surface area (Å²) in [6.07, 6.45) is 5.89. The number of hydrogen-bond donors (Lipinski definition) is 1. The Kier molecular flexibility index (Phi) is 3.41. The largest absolute Gasteiger partial charge is 0.378 e. The molecule has 104 valence electrons. The topological polar surface area (TPSA) is 24.5 Å². The molecule has 0 bridgehead atoms. The van der Waals surface area contributed by atoms with Crippen LogP contribution in [0.2, 0.25) is 0 Å². The highest BCUT2D eigenvalue weighted by Gasteiger charge is 2.48. The van der Waals surface area contributed by atoms with E-state index in [1.54, 1.807) is 0 Å². The van der Waals surface area contributed by atoms with Crippen LogP contribution in [-0.2, 0) is 4.74 Å². The third-order valence-electron chi connectivity index (χ3n) is 5.30. The van der Waals surface area contributed by atoms with E-state index in [1.807, 2.05) is 0 Å². The molecule has 0 amide bonds. The predicted molar refractivity (Wildman–Crippen MR) is 73.7 cm³/mol. The van der Waals surface area contributed by atoms with Gasteiger partial charge < -0.3 is 10.1 Å². The molecule has 1 aliphatic heterocycles. The monoisotopic (exact) mass is 252 g/mol. The second-order valence-corrected chi connectivity index (χ2v) is 6.80. The standard InChI is InChI=1S/C15H28N2O/c1-4-18-14-7-13(8-14)17-10-15(3,12-5-6-12)16-9-11(17)2/h11-14,16H,4-10H2,1-3H3. The summed E-state index contributed by atoms with van der Waals surface area (Å²) in [6.45, 7) is 10.2. The lowest BCUT2D eigenvalue weighted by Crippen LogP contribution is -2.67. The lowest BCUT2D eigenvalue weighted by molar-refractivity contribution is -0.0730. The first kappa shape index (κ1) is 12.9. The van der Waals surface area contributed by atoms with E-state index < -0.39 is 0 Å². The number of nitrogens with one attached hydrogen (secondary N) is 1. The fourth-order valence-corrected chi connectivity index (χ4v) is 3.75. The highest BCUT2D eigenvalue weighted by atomic mass is 16.5. The Morgan fingerprint density at radius 3 is 2.67 bits per heavy atom. The van der Waals surface area contributed by atoms with E-state index in [1.165, 1.54) is 32.2 Å². The molecule has 18 heavy (non-hydrogen) atoms. The fourth-order valence-electron chi connectivity index (χ4n) is 3.75. The molecule has 0 radical (unpaired) electrons. The van der Waals surface area contributed by atoms with Crippen molar-refractivity contribution in [2.75, 3.05) is 19.7 Å². The average molecular weight is 252 g/mol. The third kappa shape index (κ3) is 2.33. The van der Waals surface area contributed by atoms with Crippen LogP contribution in [0.25, 0.3) is 0 Å². The highest BCUT2D eigenvalue weighted by Crippen LogP contribution is 2.43. The Morgan fingerprint density at radius 2 is 2.06 bits per heavy atom. The summed E-state index contributed by atoms with van der Waals surface area (Å²) in [4.78, 5) is 2.75. The molecule has 1 saturated heterocycles. The molecule has 3 nitrogen and oxygen atoms in total. The quantitative estimate of drug-likeness (QED) is 0.828. The van der Waals surface area contributed by atoms with Gasteiger partial charge in [0.25, 0.3) is 0 Å². The van der Waals surface area contributed by atoms with Gasteiger partial charge in [-0.2, -0.15) is 0 Å². The van der Waals surface area contributed by atoms with Gasteiger partial charge >= 0.3 is 0 Å². The molecule has 1 N–H and O–H groups in total. The van der Waals surface area contributed by atoms with Crippen LogP contribution in [0, 0.1) is 5.92 Å². The molecule has 2 atom stereocenters. The van der Waals surface area contributed by atoms with Crippen LogP contribution >= 0.6 is 0 Å². The molecule has 0 spiro atoms. The molecular formula is C15H28N2O. The summed E-state index contributed by atoms with van der Waals surface area (Å²) in [7, 11) is 0. The number of hydrogen-bond acceptors (Lipinski definition) is 3. The van der Waals surface area contributed by atoms with Gasteiger partial charge in [0.1, 0.15) is 0 Å². The molecule has 3 fully saturated rings. The molecule has 3 aliphatic rings. The Labute approximate surface area is 111 Å². The van der Waals surface area contributed by atoms with Gasteiger partial charge in [0.05, 0.1) is 6.10 Å². The molecule has 3 rings (SSSR count). The van der Waals surface area contributed by atoms with E-state index in [9.17, 15) is 0 Å². The smallest absolute Gasteiger partial charge is 0.0604 e. The van der Waals surface area contributed by atoms with Crippen molar-refractivity contribution in [3.8, 4) is 0 Å². The Balaban J connectivity index is 1.57. The minimum atomic E-state index is 0.378. The maximum atomic E-state index is 5.70. The summed E-state index contributed by atoms with van der Waals surface area (Å²) in [5.41, 5.74) is 0.378. The SMILES string of the molecule is CCOC1CC(N2CC(C)(C3CC3)NCC2C)C1. The van der Waals surface area contributed by atoms with Gasteiger partial charge in [-0.05, 0) is 52.4 Å². The molecule has 2 saturated carbocycles. The van der Waals surface area contributed by atoms with E-state index in [0.29, 0.717) is 17.7 Å². The van der Waals surface area contributed by atoms with Gasteiger partial charge in [-0.3, -0.25) is 4.90 Å². The molecule has 3 heteroatoms. The minimum absolute atomic E-state index is 0.378. The zero-order valence-corrected chi connectivity index (χ0v) is 12.1. The Hall–Kier alpha value is -0.120. The van der Waals surface area contributed by atoms with Gasteiger partial charge in [-0.15, -0.1) is 0 Å². The van der Waals surface area contributed by atoms with Crippen LogP contribution in [0.4, 0.5) is 0 Å². The highest BCUT2D eigenvalue weighted by molar-refractivity contribution is 5.06. The van der Waals surface area contributed by atoms with E-state index in [-0.39, 0.29) is 0 Å². The molecule has 0 aromatic rings. The summed E-state index contributed by atoms with van der Waals surface area (Å²) >= 11 is 0. The van der Waals surface area contributed by atoms with Crippen molar-refractivity contribution in [3.05, 3.63) is 0 Å². The van der Waals surface area contributed by atoms with Crippen LogP contribution < -0.4 is 5.32 Å². The summed E-state index contributed by atoms with van der Waals surface area (Å²) in [5.74, 6) is 0.926. The first-order valence-electron chi connectivity index (χ1n) is 7.74. The first-order valence-corrected chi connectivity index (χ1v) is 7.74.